The summed E-state index contributed by atoms with van der Waals surface area (Å²) in [6.07, 6.45) is 0.289. The number of rotatable bonds is 7. The molecule has 1 unspecified atom stereocenters. The largest absolute Gasteiger partial charge is 0.394 e. The average molecular weight is 225 g/mol. The van der Waals surface area contributed by atoms with E-state index in [1.165, 1.54) is 0 Å². The lowest BCUT2D eigenvalue weighted by molar-refractivity contribution is 0.105. The monoisotopic (exact) mass is 225 g/mol. The molecule has 0 spiro atoms. The molecule has 0 aromatic carbocycles. The zero-order valence-corrected chi connectivity index (χ0v) is 9.48. The van der Waals surface area contributed by atoms with Crippen molar-refractivity contribution in [1.82, 2.24) is 4.98 Å². The Labute approximate surface area is 95.5 Å². The molecule has 0 fully saturated rings. The summed E-state index contributed by atoms with van der Waals surface area (Å²) >= 11 is 0. The number of aliphatic hydroxyl groups excluding tert-OH is 2. The molecule has 0 bridgehead atoms. The van der Waals surface area contributed by atoms with E-state index in [0.717, 1.165) is 18.8 Å². The van der Waals surface area contributed by atoms with E-state index in [4.69, 9.17) is 5.11 Å². The lowest BCUT2D eigenvalue weighted by atomic mass is 10.3. The number of nitrogens with one attached hydrogen (secondary N) is 2. The number of anilines is 2. The molecule has 4 N–H and O–H groups in total. The second-order valence-corrected chi connectivity index (χ2v) is 3.55. The summed E-state index contributed by atoms with van der Waals surface area (Å²) in [4.78, 5) is 4.30. The summed E-state index contributed by atoms with van der Waals surface area (Å²) in [5.74, 6) is 1.50. The third-order valence-electron chi connectivity index (χ3n) is 2.03. The van der Waals surface area contributed by atoms with Crippen LogP contribution in [0.3, 0.4) is 0 Å². The first-order valence-electron chi connectivity index (χ1n) is 5.50. The number of pyridine rings is 1. The van der Waals surface area contributed by atoms with Gasteiger partial charge in [0.2, 0.25) is 0 Å². The highest BCUT2D eigenvalue weighted by molar-refractivity contribution is 5.45. The lowest BCUT2D eigenvalue weighted by Crippen LogP contribution is -2.23. The van der Waals surface area contributed by atoms with Gasteiger partial charge >= 0.3 is 0 Å². The van der Waals surface area contributed by atoms with E-state index in [1.54, 1.807) is 0 Å². The molecule has 0 saturated carbocycles. The second-order valence-electron chi connectivity index (χ2n) is 3.55. The van der Waals surface area contributed by atoms with Gasteiger partial charge in [0.1, 0.15) is 11.6 Å². The molecule has 1 atom stereocenters. The van der Waals surface area contributed by atoms with Crippen molar-refractivity contribution in [3.8, 4) is 0 Å². The molecule has 0 radical (unpaired) electrons. The zero-order chi connectivity index (χ0) is 11.8. The molecule has 0 amide bonds. The number of aromatic nitrogens is 1. The molecule has 1 aromatic heterocycles. The van der Waals surface area contributed by atoms with Crippen molar-refractivity contribution < 1.29 is 10.2 Å². The Morgan fingerprint density at radius 2 is 2.00 bits per heavy atom. The van der Waals surface area contributed by atoms with Gasteiger partial charge in [-0.2, -0.15) is 0 Å². The standard InChI is InChI=1S/C11H19N3O2/c1-2-6-12-10-4-3-5-11(14-10)13-7-9(16)8-15/h3-5,9,15-16H,2,6-8H2,1H3,(H2,12,13,14). The molecule has 0 saturated heterocycles. The van der Waals surface area contributed by atoms with Gasteiger partial charge in [0.15, 0.2) is 0 Å². The Morgan fingerprint density at radius 3 is 2.62 bits per heavy atom. The minimum absolute atomic E-state index is 0.249. The highest BCUT2D eigenvalue weighted by Crippen LogP contribution is 2.08. The topological polar surface area (TPSA) is 77.4 Å². The first-order valence-corrected chi connectivity index (χ1v) is 5.50. The summed E-state index contributed by atoms with van der Waals surface area (Å²) in [5, 5.41) is 24.0. The first kappa shape index (κ1) is 12.7. The maximum Gasteiger partial charge on any atom is 0.128 e. The predicted molar refractivity (Wildman–Crippen MR) is 64.6 cm³/mol. The number of aliphatic hydroxyl groups is 2. The van der Waals surface area contributed by atoms with E-state index >= 15 is 0 Å². The zero-order valence-electron chi connectivity index (χ0n) is 9.48. The predicted octanol–water partition coefficient (Wildman–Crippen LogP) is 0.669. The summed E-state index contributed by atoms with van der Waals surface area (Å²) in [7, 11) is 0. The molecule has 1 aromatic rings. The van der Waals surface area contributed by atoms with E-state index in [9.17, 15) is 5.11 Å². The van der Waals surface area contributed by atoms with Crippen molar-refractivity contribution in [1.29, 1.82) is 0 Å². The molecule has 90 valence electrons. The van der Waals surface area contributed by atoms with Gasteiger partial charge in [-0.25, -0.2) is 4.98 Å². The van der Waals surface area contributed by atoms with Crippen LogP contribution in [-0.2, 0) is 0 Å². The van der Waals surface area contributed by atoms with Crippen LogP contribution in [0.5, 0.6) is 0 Å². The quantitative estimate of drug-likeness (QED) is 0.548. The lowest BCUT2D eigenvalue weighted by Gasteiger charge is -2.10. The maximum atomic E-state index is 9.17. The van der Waals surface area contributed by atoms with Crippen LogP contribution in [-0.4, -0.2) is 41.0 Å². The fraction of sp³-hybridized carbons (Fsp3) is 0.545. The highest BCUT2D eigenvalue weighted by atomic mass is 16.3. The van der Waals surface area contributed by atoms with Gasteiger partial charge < -0.3 is 20.8 Å². The molecular weight excluding hydrogens is 206 g/mol. The Balaban J connectivity index is 2.46. The molecule has 5 nitrogen and oxygen atoms in total. The molecule has 0 aliphatic rings. The van der Waals surface area contributed by atoms with Crippen molar-refractivity contribution in [2.75, 3.05) is 30.3 Å². The molecule has 0 aliphatic heterocycles. The van der Waals surface area contributed by atoms with Crippen LogP contribution in [0.25, 0.3) is 0 Å². The van der Waals surface area contributed by atoms with Crippen LogP contribution < -0.4 is 10.6 Å². The minimum Gasteiger partial charge on any atom is -0.394 e. The Hall–Kier alpha value is -1.33. The number of hydrogen-bond acceptors (Lipinski definition) is 5. The minimum atomic E-state index is -0.756. The van der Waals surface area contributed by atoms with Gasteiger partial charge in [-0.3, -0.25) is 0 Å². The Bertz CT molecular complexity index is 307. The molecule has 5 heteroatoms. The van der Waals surface area contributed by atoms with E-state index < -0.39 is 6.10 Å². The SMILES string of the molecule is CCCNc1cccc(NCC(O)CO)n1. The molecule has 0 aliphatic carbocycles. The molecule has 1 rings (SSSR count). The average Bonchev–Trinajstić information content (AvgIpc) is 2.34. The van der Waals surface area contributed by atoms with Crippen molar-refractivity contribution in [2.45, 2.75) is 19.4 Å². The summed E-state index contributed by atoms with van der Waals surface area (Å²) in [6.45, 7) is 3.02. The fourth-order valence-electron chi connectivity index (χ4n) is 1.17. The van der Waals surface area contributed by atoms with Gasteiger partial charge in [0, 0.05) is 13.1 Å². The summed E-state index contributed by atoms with van der Waals surface area (Å²) in [6, 6.07) is 5.60. The first-order chi connectivity index (χ1) is 7.76. The van der Waals surface area contributed by atoms with Crippen molar-refractivity contribution >= 4 is 11.6 Å². The van der Waals surface area contributed by atoms with Gasteiger partial charge in [-0.1, -0.05) is 13.0 Å². The van der Waals surface area contributed by atoms with Crippen LogP contribution in [0.4, 0.5) is 11.6 Å². The second kappa shape index (κ2) is 7.03. The van der Waals surface area contributed by atoms with Crippen LogP contribution >= 0.6 is 0 Å². The van der Waals surface area contributed by atoms with E-state index in [-0.39, 0.29) is 6.61 Å². The smallest absolute Gasteiger partial charge is 0.128 e. The van der Waals surface area contributed by atoms with Crippen molar-refractivity contribution in [3.05, 3.63) is 18.2 Å². The van der Waals surface area contributed by atoms with Crippen LogP contribution in [0.2, 0.25) is 0 Å². The van der Waals surface area contributed by atoms with Gasteiger partial charge in [-0.05, 0) is 18.6 Å². The highest BCUT2D eigenvalue weighted by Gasteiger charge is 2.02. The number of nitrogens with zero attached hydrogens (tertiary/aromatic N) is 1. The summed E-state index contributed by atoms with van der Waals surface area (Å²) < 4.78 is 0. The Kier molecular flexibility index (Phi) is 5.60. The molecular formula is C11H19N3O2. The van der Waals surface area contributed by atoms with Gasteiger partial charge in [-0.15, -0.1) is 0 Å². The molecule has 1 heterocycles. The van der Waals surface area contributed by atoms with Gasteiger partial charge in [0.25, 0.3) is 0 Å². The fourth-order valence-corrected chi connectivity index (χ4v) is 1.17. The van der Waals surface area contributed by atoms with Gasteiger partial charge in [0.05, 0.1) is 12.7 Å². The van der Waals surface area contributed by atoms with Crippen molar-refractivity contribution in [2.24, 2.45) is 0 Å². The summed E-state index contributed by atoms with van der Waals surface area (Å²) in [5.41, 5.74) is 0. The Morgan fingerprint density at radius 1 is 1.31 bits per heavy atom. The van der Waals surface area contributed by atoms with Crippen LogP contribution in [0.15, 0.2) is 18.2 Å². The normalized spacial score (nSPS) is 12.2. The number of hydrogen-bond donors (Lipinski definition) is 4. The van der Waals surface area contributed by atoms with Crippen LogP contribution in [0, 0.1) is 0 Å². The van der Waals surface area contributed by atoms with Crippen LogP contribution in [0.1, 0.15) is 13.3 Å². The van der Waals surface area contributed by atoms with E-state index in [2.05, 4.69) is 22.5 Å². The third kappa shape index (κ3) is 4.46. The van der Waals surface area contributed by atoms with Crippen molar-refractivity contribution in [3.63, 3.8) is 0 Å². The van der Waals surface area contributed by atoms with E-state index in [1.807, 2.05) is 18.2 Å². The molecule has 16 heavy (non-hydrogen) atoms. The third-order valence-corrected chi connectivity index (χ3v) is 2.03. The van der Waals surface area contributed by atoms with E-state index in [0.29, 0.717) is 12.4 Å². The maximum absolute atomic E-state index is 9.17.